The molecule has 3 aromatic carbocycles. The molecule has 0 saturated carbocycles. The zero-order chi connectivity index (χ0) is 22.2. The van der Waals surface area contributed by atoms with E-state index in [1.165, 1.54) is 0 Å². The molecule has 8 heteroatoms. The van der Waals surface area contributed by atoms with Gasteiger partial charge in [-0.15, -0.1) is 0 Å². The van der Waals surface area contributed by atoms with Gasteiger partial charge in [-0.2, -0.15) is 0 Å². The van der Waals surface area contributed by atoms with Crippen LogP contribution in [0, 0.1) is 0 Å². The molecule has 0 fully saturated rings. The zero-order valence-electron chi connectivity index (χ0n) is 18.1. The summed E-state index contributed by atoms with van der Waals surface area (Å²) >= 11 is 0. The smallest absolute Gasteiger partial charge is 0.231 e. The lowest BCUT2D eigenvalue weighted by Crippen LogP contribution is -1.96. The van der Waals surface area contributed by atoms with Crippen molar-refractivity contribution in [3.8, 4) is 57.1 Å². The second-order valence-corrected chi connectivity index (χ2v) is 7.00. The van der Waals surface area contributed by atoms with E-state index in [4.69, 9.17) is 32.8 Å². The van der Waals surface area contributed by atoms with Gasteiger partial charge in [0.25, 0.3) is 0 Å². The minimum Gasteiger partial charge on any atom is -0.493 e. The Kier molecular flexibility index (Phi) is 4.89. The number of aromatic nitrogens is 1. The number of methoxy groups -OCH3 is 4. The van der Waals surface area contributed by atoms with Crippen molar-refractivity contribution in [1.82, 2.24) is 4.98 Å². The van der Waals surface area contributed by atoms with Crippen LogP contribution in [0.5, 0.6) is 34.5 Å². The van der Waals surface area contributed by atoms with Crippen LogP contribution >= 0.6 is 0 Å². The largest absolute Gasteiger partial charge is 0.493 e. The molecule has 0 aliphatic carbocycles. The summed E-state index contributed by atoms with van der Waals surface area (Å²) in [6, 6.07) is 13.2. The Balaban J connectivity index is 1.59. The van der Waals surface area contributed by atoms with Gasteiger partial charge in [0.05, 0.1) is 28.4 Å². The van der Waals surface area contributed by atoms with Crippen LogP contribution in [-0.2, 0) is 0 Å². The number of ether oxygens (including phenoxy) is 6. The summed E-state index contributed by atoms with van der Waals surface area (Å²) in [6.45, 7) is 0.152. The first kappa shape index (κ1) is 19.9. The maximum absolute atomic E-state index is 6.09. The first-order valence-electron chi connectivity index (χ1n) is 9.84. The number of rotatable bonds is 6. The van der Waals surface area contributed by atoms with E-state index in [2.05, 4.69) is 4.98 Å². The standard InChI is InChI=1S/C24H21NO7/c1-26-17-8-6-15(21(28-3)23(17)29-4)13-5-7-16-18(9-13)32-24(25-16)14-10-19(27-2)22-20(11-14)30-12-31-22/h5-11H,12H2,1-4H3. The topological polar surface area (TPSA) is 81.4 Å². The molecule has 0 amide bonds. The van der Waals surface area contributed by atoms with E-state index in [0.29, 0.717) is 46.0 Å². The average Bonchev–Trinajstić information content (AvgIpc) is 3.48. The molecule has 0 bridgehead atoms. The van der Waals surface area contributed by atoms with E-state index in [9.17, 15) is 0 Å². The van der Waals surface area contributed by atoms with Crippen molar-refractivity contribution in [2.24, 2.45) is 0 Å². The molecule has 2 heterocycles. The monoisotopic (exact) mass is 435 g/mol. The van der Waals surface area contributed by atoms with E-state index in [1.54, 1.807) is 28.4 Å². The van der Waals surface area contributed by atoms with E-state index < -0.39 is 0 Å². The molecule has 0 unspecified atom stereocenters. The number of hydrogen-bond donors (Lipinski definition) is 0. The quantitative estimate of drug-likeness (QED) is 0.422. The van der Waals surface area contributed by atoms with Crippen LogP contribution in [0.2, 0.25) is 0 Å². The van der Waals surface area contributed by atoms with Crippen molar-refractivity contribution in [2.45, 2.75) is 0 Å². The minimum atomic E-state index is 0.152. The predicted molar refractivity (Wildman–Crippen MR) is 117 cm³/mol. The van der Waals surface area contributed by atoms with Crippen molar-refractivity contribution < 1.29 is 32.8 Å². The van der Waals surface area contributed by atoms with Crippen LogP contribution in [-0.4, -0.2) is 40.2 Å². The molecule has 164 valence electrons. The van der Waals surface area contributed by atoms with Crippen LogP contribution in [0.3, 0.4) is 0 Å². The molecule has 0 N–H and O–H groups in total. The third-order valence-electron chi connectivity index (χ3n) is 5.31. The third kappa shape index (κ3) is 3.11. The fraction of sp³-hybridized carbons (Fsp3) is 0.208. The second kappa shape index (κ2) is 7.88. The minimum absolute atomic E-state index is 0.152. The number of benzene rings is 3. The van der Waals surface area contributed by atoms with Gasteiger partial charge in [0, 0.05) is 11.1 Å². The molecule has 0 radical (unpaired) electrons. The van der Waals surface area contributed by atoms with E-state index in [-0.39, 0.29) is 6.79 Å². The van der Waals surface area contributed by atoms with Gasteiger partial charge in [0.1, 0.15) is 5.52 Å². The molecule has 8 nitrogen and oxygen atoms in total. The van der Waals surface area contributed by atoms with Gasteiger partial charge in [-0.25, -0.2) is 4.98 Å². The van der Waals surface area contributed by atoms with Crippen molar-refractivity contribution in [1.29, 1.82) is 0 Å². The number of nitrogens with zero attached hydrogens (tertiary/aromatic N) is 1. The van der Waals surface area contributed by atoms with Crippen LogP contribution in [0.1, 0.15) is 0 Å². The lowest BCUT2D eigenvalue weighted by molar-refractivity contribution is 0.171. The van der Waals surface area contributed by atoms with Gasteiger partial charge in [-0.1, -0.05) is 6.07 Å². The molecule has 0 atom stereocenters. The third-order valence-corrected chi connectivity index (χ3v) is 5.31. The Morgan fingerprint density at radius 3 is 2.31 bits per heavy atom. The zero-order valence-corrected chi connectivity index (χ0v) is 18.1. The van der Waals surface area contributed by atoms with Crippen LogP contribution in [0.15, 0.2) is 46.9 Å². The van der Waals surface area contributed by atoms with E-state index in [0.717, 1.165) is 22.2 Å². The molecule has 0 spiro atoms. The maximum Gasteiger partial charge on any atom is 0.231 e. The molecule has 32 heavy (non-hydrogen) atoms. The van der Waals surface area contributed by atoms with Crippen LogP contribution < -0.4 is 28.4 Å². The normalized spacial score (nSPS) is 12.1. The molecular formula is C24H21NO7. The van der Waals surface area contributed by atoms with E-state index in [1.807, 2.05) is 42.5 Å². The summed E-state index contributed by atoms with van der Waals surface area (Å²) in [7, 11) is 6.34. The second-order valence-electron chi connectivity index (χ2n) is 7.00. The Hall–Kier alpha value is -4.07. The molecule has 0 saturated heterocycles. The Morgan fingerprint density at radius 1 is 0.750 bits per heavy atom. The average molecular weight is 435 g/mol. The van der Waals surface area contributed by atoms with E-state index >= 15 is 0 Å². The van der Waals surface area contributed by atoms with Crippen molar-refractivity contribution >= 4 is 11.1 Å². The van der Waals surface area contributed by atoms with Gasteiger partial charge in [0.2, 0.25) is 24.2 Å². The summed E-state index contributed by atoms with van der Waals surface area (Å²) in [5.41, 5.74) is 3.81. The molecular weight excluding hydrogens is 414 g/mol. The Labute approximate surface area is 184 Å². The Bertz CT molecular complexity index is 1310. The van der Waals surface area contributed by atoms with Gasteiger partial charge in [0.15, 0.2) is 28.6 Å². The predicted octanol–water partition coefficient (Wildman–Crippen LogP) is 4.92. The first-order valence-corrected chi connectivity index (χ1v) is 9.84. The highest BCUT2D eigenvalue weighted by Gasteiger charge is 2.23. The summed E-state index contributed by atoms with van der Waals surface area (Å²) in [5.74, 6) is 3.88. The summed E-state index contributed by atoms with van der Waals surface area (Å²) < 4.78 is 39.0. The number of hydrogen-bond acceptors (Lipinski definition) is 8. The SMILES string of the molecule is COc1cc(-c2nc3ccc(-c4ccc(OC)c(OC)c4OC)cc3o2)cc2c1OCO2. The molecule has 1 aromatic heterocycles. The highest BCUT2D eigenvalue weighted by Crippen LogP contribution is 2.46. The molecule has 4 aromatic rings. The van der Waals surface area contributed by atoms with Crippen molar-refractivity contribution in [3.05, 3.63) is 42.5 Å². The van der Waals surface area contributed by atoms with Crippen molar-refractivity contribution in [3.63, 3.8) is 0 Å². The highest BCUT2D eigenvalue weighted by atomic mass is 16.7. The summed E-state index contributed by atoms with van der Waals surface area (Å²) in [5, 5.41) is 0. The first-order chi connectivity index (χ1) is 15.7. The van der Waals surface area contributed by atoms with Crippen molar-refractivity contribution in [2.75, 3.05) is 35.2 Å². The van der Waals surface area contributed by atoms with Gasteiger partial charge < -0.3 is 32.8 Å². The molecule has 1 aliphatic heterocycles. The van der Waals surface area contributed by atoms with Gasteiger partial charge >= 0.3 is 0 Å². The van der Waals surface area contributed by atoms with Crippen LogP contribution in [0.25, 0.3) is 33.7 Å². The lowest BCUT2D eigenvalue weighted by Gasteiger charge is -2.15. The summed E-state index contributed by atoms with van der Waals surface area (Å²) in [4.78, 5) is 4.63. The van der Waals surface area contributed by atoms with Crippen LogP contribution in [0.4, 0.5) is 0 Å². The lowest BCUT2D eigenvalue weighted by atomic mass is 10.0. The fourth-order valence-electron chi connectivity index (χ4n) is 3.80. The highest BCUT2D eigenvalue weighted by molar-refractivity contribution is 5.85. The Morgan fingerprint density at radius 2 is 1.56 bits per heavy atom. The number of oxazole rings is 1. The van der Waals surface area contributed by atoms with Gasteiger partial charge in [-0.3, -0.25) is 0 Å². The summed E-state index contributed by atoms with van der Waals surface area (Å²) in [6.07, 6.45) is 0. The fourth-order valence-corrected chi connectivity index (χ4v) is 3.80. The maximum atomic E-state index is 6.09. The number of fused-ring (bicyclic) bond motifs is 2. The van der Waals surface area contributed by atoms with Gasteiger partial charge in [-0.05, 0) is 42.0 Å². The molecule has 5 rings (SSSR count). The molecule has 1 aliphatic rings.